The number of rotatable bonds is 7. The maximum Gasteiger partial charge on any atom is 0.352 e. The highest BCUT2D eigenvalue weighted by atomic mass is 79.9. The van der Waals surface area contributed by atoms with E-state index in [0.717, 1.165) is 17.4 Å². The lowest BCUT2D eigenvalue weighted by Crippen LogP contribution is -2.21. The molecule has 0 aliphatic carbocycles. The van der Waals surface area contributed by atoms with Gasteiger partial charge in [-0.05, 0) is 33.8 Å². The number of carbonyl (C=O) groups is 1. The summed E-state index contributed by atoms with van der Waals surface area (Å²) in [6, 6.07) is 1.66. The fourth-order valence-corrected chi connectivity index (χ4v) is 2.64. The highest BCUT2D eigenvalue weighted by molar-refractivity contribution is 9.10. The van der Waals surface area contributed by atoms with Gasteiger partial charge >= 0.3 is 5.97 Å². The van der Waals surface area contributed by atoms with Crippen LogP contribution in [0.4, 0.5) is 0 Å². The molecule has 0 unspecified atom stereocenters. The maximum atomic E-state index is 11.1. The number of hydrogen-bond acceptors (Lipinski definition) is 1. The van der Waals surface area contributed by atoms with E-state index in [9.17, 15) is 4.79 Å². The van der Waals surface area contributed by atoms with E-state index in [1.807, 2.05) is 10.8 Å². The van der Waals surface area contributed by atoms with Gasteiger partial charge in [-0.15, -0.1) is 0 Å². The molecule has 0 aliphatic rings. The van der Waals surface area contributed by atoms with Gasteiger partial charge in [-0.3, -0.25) is 0 Å². The summed E-state index contributed by atoms with van der Waals surface area (Å²) in [5.74, 6) is -0.870. The highest BCUT2D eigenvalue weighted by Crippen LogP contribution is 2.28. The molecule has 3 nitrogen and oxygen atoms in total. The summed E-state index contributed by atoms with van der Waals surface area (Å²) in [6.07, 6.45) is 6.63. The molecule has 1 aromatic heterocycles. The topological polar surface area (TPSA) is 42.2 Å². The first-order chi connectivity index (χ1) is 8.35. The van der Waals surface area contributed by atoms with E-state index >= 15 is 0 Å². The normalized spacial score (nSPS) is 11.8. The van der Waals surface area contributed by atoms with Crippen molar-refractivity contribution < 1.29 is 9.90 Å². The summed E-state index contributed by atoms with van der Waals surface area (Å²) in [4.78, 5) is 11.1. The molecule has 1 rings (SSSR count). The molecule has 0 aromatic carbocycles. The third-order valence-electron chi connectivity index (χ3n) is 3.14. The van der Waals surface area contributed by atoms with Crippen molar-refractivity contribution in [2.45, 2.75) is 53.0 Å². The Bertz CT molecular complexity index is 410. The number of nitrogens with zero attached hydrogens (tertiary/aromatic N) is 1. The van der Waals surface area contributed by atoms with Gasteiger partial charge in [0, 0.05) is 17.2 Å². The quantitative estimate of drug-likeness (QED) is 0.750. The van der Waals surface area contributed by atoms with Crippen LogP contribution in [0.1, 0.15) is 56.9 Å². The molecular weight excluding hydrogens is 294 g/mol. The zero-order valence-electron chi connectivity index (χ0n) is 11.4. The molecule has 1 N–H and O–H groups in total. The fourth-order valence-electron chi connectivity index (χ4n) is 2.18. The smallest absolute Gasteiger partial charge is 0.352 e. The Labute approximate surface area is 117 Å². The first-order valence-corrected chi connectivity index (χ1v) is 7.24. The molecule has 0 amide bonds. The van der Waals surface area contributed by atoms with Crippen molar-refractivity contribution in [2.24, 2.45) is 5.41 Å². The van der Waals surface area contributed by atoms with Gasteiger partial charge in [-0.25, -0.2) is 4.79 Å². The fraction of sp³-hybridized carbons (Fsp3) is 0.643. The lowest BCUT2D eigenvalue weighted by molar-refractivity contribution is 0.0682. The Morgan fingerprint density at radius 3 is 2.67 bits per heavy atom. The average molecular weight is 316 g/mol. The number of hydrogen-bond donors (Lipinski definition) is 1. The van der Waals surface area contributed by atoms with E-state index in [1.54, 1.807) is 6.07 Å². The van der Waals surface area contributed by atoms with Crippen LogP contribution in [0.2, 0.25) is 0 Å². The van der Waals surface area contributed by atoms with Crippen LogP contribution in [0.5, 0.6) is 0 Å². The first kappa shape index (κ1) is 15.3. The molecule has 1 heterocycles. The van der Waals surface area contributed by atoms with Gasteiger partial charge in [0.1, 0.15) is 5.69 Å². The molecule has 18 heavy (non-hydrogen) atoms. The highest BCUT2D eigenvalue weighted by Gasteiger charge is 2.21. The van der Waals surface area contributed by atoms with Crippen LogP contribution in [0.15, 0.2) is 16.7 Å². The van der Waals surface area contributed by atoms with Crippen LogP contribution in [-0.4, -0.2) is 15.6 Å². The van der Waals surface area contributed by atoms with Gasteiger partial charge in [0.25, 0.3) is 0 Å². The first-order valence-electron chi connectivity index (χ1n) is 6.44. The average Bonchev–Trinajstić information content (AvgIpc) is 2.58. The van der Waals surface area contributed by atoms with Crippen LogP contribution in [0, 0.1) is 5.41 Å². The molecule has 0 bridgehead atoms. The Hall–Kier alpha value is -0.770. The number of aromatic carboxylic acids is 1. The monoisotopic (exact) mass is 315 g/mol. The predicted molar refractivity (Wildman–Crippen MR) is 77.0 cm³/mol. The van der Waals surface area contributed by atoms with E-state index in [1.165, 1.54) is 19.3 Å². The Morgan fingerprint density at radius 1 is 1.44 bits per heavy atom. The van der Waals surface area contributed by atoms with E-state index < -0.39 is 5.97 Å². The predicted octanol–water partition coefficient (Wildman–Crippen LogP) is 4.56. The van der Waals surface area contributed by atoms with E-state index in [0.29, 0.717) is 5.69 Å². The molecule has 0 saturated heterocycles. The number of halogens is 1. The van der Waals surface area contributed by atoms with Gasteiger partial charge < -0.3 is 9.67 Å². The molecule has 102 valence electrons. The summed E-state index contributed by atoms with van der Waals surface area (Å²) >= 11 is 3.34. The minimum Gasteiger partial charge on any atom is -0.477 e. The van der Waals surface area contributed by atoms with Gasteiger partial charge in [-0.2, -0.15) is 0 Å². The van der Waals surface area contributed by atoms with E-state index in [-0.39, 0.29) is 5.41 Å². The van der Waals surface area contributed by atoms with Crippen molar-refractivity contribution in [1.29, 1.82) is 0 Å². The molecule has 1 aromatic rings. The minimum absolute atomic E-state index is 0.123. The van der Waals surface area contributed by atoms with Crippen molar-refractivity contribution in [3.8, 4) is 0 Å². The standard InChI is InChI=1S/C14H22BrNO2/c1-4-5-6-7-14(2,3)10-16-9-11(15)8-12(16)13(17)18/h8-9H,4-7,10H2,1-3H3,(H,17,18). The molecule has 0 atom stereocenters. The molecule has 4 heteroatoms. The van der Waals surface area contributed by atoms with E-state index in [4.69, 9.17) is 5.11 Å². The maximum absolute atomic E-state index is 11.1. The zero-order chi connectivity index (χ0) is 13.8. The van der Waals surface area contributed by atoms with Crippen molar-refractivity contribution in [2.75, 3.05) is 0 Å². The lowest BCUT2D eigenvalue weighted by Gasteiger charge is -2.26. The SMILES string of the molecule is CCCCCC(C)(C)Cn1cc(Br)cc1C(=O)O. The van der Waals surface area contributed by atoms with Gasteiger partial charge in [0.05, 0.1) is 0 Å². The summed E-state index contributed by atoms with van der Waals surface area (Å²) in [6.45, 7) is 7.33. The van der Waals surface area contributed by atoms with Crippen LogP contribution >= 0.6 is 15.9 Å². The summed E-state index contributed by atoms with van der Waals surface area (Å²) in [5, 5.41) is 9.15. The second kappa shape index (κ2) is 6.41. The molecule has 0 spiro atoms. The molecular formula is C14H22BrNO2. The number of carboxylic acid groups (broad SMARTS) is 1. The largest absolute Gasteiger partial charge is 0.477 e. The molecule has 0 radical (unpaired) electrons. The Kier molecular flexibility index (Phi) is 5.45. The van der Waals surface area contributed by atoms with Gasteiger partial charge in [0.15, 0.2) is 0 Å². The molecule has 0 aliphatic heterocycles. The number of unbranched alkanes of at least 4 members (excludes halogenated alkanes) is 2. The second-order valence-electron chi connectivity index (χ2n) is 5.60. The minimum atomic E-state index is -0.870. The number of carboxylic acids is 1. The Balaban J connectivity index is 2.73. The van der Waals surface area contributed by atoms with Crippen LogP contribution in [-0.2, 0) is 6.54 Å². The van der Waals surface area contributed by atoms with E-state index in [2.05, 4.69) is 36.7 Å². The third kappa shape index (κ3) is 4.48. The van der Waals surface area contributed by atoms with Gasteiger partial charge in [0.2, 0.25) is 0 Å². The van der Waals surface area contributed by atoms with Crippen LogP contribution in [0.3, 0.4) is 0 Å². The van der Waals surface area contributed by atoms with Crippen molar-refractivity contribution in [3.63, 3.8) is 0 Å². The molecule has 0 saturated carbocycles. The third-order valence-corrected chi connectivity index (χ3v) is 3.57. The zero-order valence-corrected chi connectivity index (χ0v) is 13.0. The van der Waals surface area contributed by atoms with Crippen molar-refractivity contribution >= 4 is 21.9 Å². The van der Waals surface area contributed by atoms with Crippen molar-refractivity contribution in [3.05, 3.63) is 22.4 Å². The number of aromatic nitrogens is 1. The summed E-state index contributed by atoms with van der Waals surface area (Å²) in [5.41, 5.74) is 0.475. The summed E-state index contributed by atoms with van der Waals surface area (Å²) in [7, 11) is 0. The summed E-state index contributed by atoms with van der Waals surface area (Å²) < 4.78 is 2.66. The molecule has 0 fully saturated rings. The van der Waals surface area contributed by atoms with Crippen LogP contribution < -0.4 is 0 Å². The second-order valence-corrected chi connectivity index (χ2v) is 6.51. The lowest BCUT2D eigenvalue weighted by atomic mass is 9.86. The van der Waals surface area contributed by atoms with Crippen LogP contribution in [0.25, 0.3) is 0 Å². The van der Waals surface area contributed by atoms with Gasteiger partial charge in [-0.1, -0.05) is 40.0 Å². The Morgan fingerprint density at radius 2 is 2.11 bits per heavy atom. The van der Waals surface area contributed by atoms with Crippen molar-refractivity contribution in [1.82, 2.24) is 4.57 Å².